The summed E-state index contributed by atoms with van der Waals surface area (Å²) in [7, 11) is 1.44. The Hall–Kier alpha value is -3.57. The Morgan fingerprint density at radius 3 is 2.62 bits per heavy atom. The molecule has 0 saturated carbocycles. The van der Waals surface area contributed by atoms with E-state index in [-0.39, 0.29) is 17.8 Å². The normalized spacial score (nSPS) is 18.1. The molecule has 1 aliphatic heterocycles. The Kier molecular flexibility index (Phi) is 13.8. The predicted octanol–water partition coefficient (Wildman–Crippen LogP) is 3.61. The molecule has 1 heterocycles. The Morgan fingerprint density at radius 2 is 2.00 bits per heavy atom. The van der Waals surface area contributed by atoms with Gasteiger partial charge in [-0.1, -0.05) is 56.7 Å². The highest BCUT2D eigenvalue weighted by atomic mass is 16.6. The van der Waals surface area contributed by atoms with Crippen LogP contribution in [0.5, 0.6) is 0 Å². The summed E-state index contributed by atoms with van der Waals surface area (Å²) in [5.74, 6) is 4.56. The number of carbonyl (C=O) groups is 3. The van der Waals surface area contributed by atoms with Crippen molar-refractivity contribution in [2.75, 3.05) is 7.11 Å². The lowest BCUT2D eigenvalue weighted by Gasteiger charge is -2.29. The van der Waals surface area contributed by atoms with Crippen LogP contribution in [0.25, 0.3) is 0 Å². The topological polar surface area (TPSA) is 114 Å². The fourth-order valence-corrected chi connectivity index (χ4v) is 3.24. The summed E-state index contributed by atoms with van der Waals surface area (Å²) < 4.78 is 10.3. The molecule has 0 fully saturated rings. The number of ether oxygens (including phenoxy) is 2. The van der Waals surface area contributed by atoms with Crippen molar-refractivity contribution in [1.29, 1.82) is 0 Å². The molecule has 0 aliphatic carbocycles. The van der Waals surface area contributed by atoms with E-state index >= 15 is 0 Å². The molecule has 8 nitrogen and oxygen atoms in total. The number of aliphatic hydroxyl groups is 1. The van der Waals surface area contributed by atoms with Crippen LogP contribution in [-0.2, 0) is 23.9 Å². The van der Waals surface area contributed by atoms with Gasteiger partial charge in [0, 0.05) is 25.3 Å². The molecule has 0 aromatic heterocycles. The quantitative estimate of drug-likeness (QED) is 0.159. The number of cyclic esters (lactones) is 1. The minimum absolute atomic E-state index is 0.230. The van der Waals surface area contributed by atoms with Crippen LogP contribution in [0.4, 0.5) is 0 Å². The molecule has 0 bridgehead atoms. The van der Waals surface area contributed by atoms with E-state index in [2.05, 4.69) is 22.5 Å². The third kappa shape index (κ3) is 12.8. The summed E-state index contributed by atoms with van der Waals surface area (Å²) in [6.45, 7) is 9.21. The van der Waals surface area contributed by atoms with Crippen LogP contribution in [0, 0.1) is 17.3 Å². The number of rotatable bonds is 12. The van der Waals surface area contributed by atoms with Crippen molar-refractivity contribution in [3.63, 3.8) is 0 Å². The van der Waals surface area contributed by atoms with E-state index in [9.17, 15) is 19.5 Å². The highest BCUT2D eigenvalue weighted by Crippen LogP contribution is 2.20. The molecular weight excluding hydrogens is 472 g/mol. The Bertz CT molecular complexity index is 1000. The lowest BCUT2D eigenvalue weighted by atomic mass is 9.86. The van der Waals surface area contributed by atoms with Gasteiger partial charge in [0.15, 0.2) is 5.76 Å². The molecule has 8 heteroatoms. The molecule has 3 N–H and O–H groups in total. The standard InChI is InChI=1S/C29H40N2O6/c1-7-8-13-22(32)14-11-20-30-27(34)26(29(3,4)5)31-25(33)15-10-9-12-21(2)16-17-23-18-19-24(36-6)28(35)37-23/h9-12,15-16,19-20,22-23,26,32H,13-14,17-18H2,1-6H3,(H,30,34)(H,31,33)/b12-9-,15-10-,20-11-,21-16+. The van der Waals surface area contributed by atoms with Gasteiger partial charge in [-0.3, -0.25) is 9.59 Å². The second kappa shape index (κ2) is 16.2. The van der Waals surface area contributed by atoms with Crippen molar-refractivity contribution in [2.24, 2.45) is 5.41 Å². The van der Waals surface area contributed by atoms with Crippen molar-refractivity contribution in [3.8, 4) is 11.8 Å². The molecule has 37 heavy (non-hydrogen) atoms. The van der Waals surface area contributed by atoms with E-state index < -0.39 is 29.4 Å². The number of esters is 1. The second-order valence-corrected chi connectivity index (χ2v) is 9.68. The van der Waals surface area contributed by atoms with Crippen molar-refractivity contribution in [1.82, 2.24) is 10.6 Å². The van der Waals surface area contributed by atoms with Crippen LogP contribution in [0.3, 0.4) is 0 Å². The van der Waals surface area contributed by atoms with E-state index in [1.807, 2.05) is 39.8 Å². The number of amides is 2. The molecule has 3 unspecified atom stereocenters. The molecule has 1 rings (SSSR count). The van der Waals surface area contributed by atoms with Gasteiger partial charge >= 0.3 is 5.97 Å². The van der Waals surface area contributed by atoms with Gasteiger partial charge in [-0.2, -0.15) is 0 Å². The lowest BCUT2D eigenvalue weighted by molar-refractivity contribution is -0.149. The third-order valence-electron chi connectivity index (χ3n) is 5.36. The molecule has 2 amide bonds. The van der Waals surface area contributed by atoms with Gasteiger partial charge in [0.25, 0.3) is 0 Å². The van der Waals surface area contributed by atoms with Crippen molar-refractivity contribution in [3.05, 3.63) is 60.1 Å². The van der Waals surface area contributed by atoms with Crippen LogP contribution in [0.1, 0.15) is 60.3 Å². The highest BCUT2D eigenvalue weighted by Gasteiger charge is 2.31. The first-order valence-corrected chi connectivity index (χ1v) is 12.3. The first-order valence-electron chi connectivity index (χ1n) is 12.3. The van der Waals surface area contributed by atoms with Crippen LogP contribution in [0.2, 0.25) is 0 Å². The maximum atomic E-state index is 12.7. The Morgan fingerprint density at radius 1 is 1.30 bits per heavy atom. The van der Waals surface area contributed by atoms with Crippen LogP contribution in [-0.4, -0.2) is 48.2 Å². The van der Waals surface area contributed by atoms with Gasteiger partial charge in [0.2, 0.25) is 11.8 Å². The summed E-state index contributed by atoms with van der Waals surface area (Å²) in [6, 6.07) is -0.762. The molecule has 0 saturated heterocycles. The number of carbonyl (C=O) groups excluding carboxylic acids is 3. The minimum atomic E-state index is -0.762. The number of hydrogen-bond acceptors (Lipinski definition) is 6. The predicted molar refractivity (Wildman–Crippen MR) is 144 cm³/mol. The molecule has 0 radical (unpaired) electrons. The third-order valence-corrected chi connectivity index (χ3v) is 5.36. The maximum Gasteiger partial charge on any atom is 0.373 e. The van der Waals surface area contributed by atoms with Crippen LogP contribution in [0.15, 0.2) is 60.1 Å². The lowest BCUT2D eigenvalue weighted by Crippen LogP contribution is -2.52. The van der Waals surface area contributed by atoms with E-state index in [1.165, 1.54) is 19.4 Å². The van der Waals surface area contributed by atoms with Gasteiger partial charge < -0.3 is 25.2 Å². The summed E-state index contributed by atoms with van der Waals surface area (Å²) >= 11 is 0. The number of allylic oxidation sites excluding steroid dienone is 4. The molecule has 0 spiro atoms. The van der Waals surface area contributed by atoms with E-state index in [0.29, 0.717) is 25.7 Å². The maximum absolute atomic E-state index is 12.7. The summed E-state index contributed by atoms with van der Waals surface area (Å²) in [4.78, 5) is 36.8. The molecule has 0 aromatic carbocycles. The molecule has 1 aliphatic rings. The first-order chi connectivity index (χ1) is 17.5. The zero-order valence-corrected chi connectivity index (χ0v) is 22.7. The van der Waals surface area contributed by atoms with Crippen LogP contribution < -0.4 is 10.6 Å². The van der Waals surface area contributed by atoms with Gasteiger partial charge in [0.05, 0.1) is 13.2 Å². The van der Waals surface area contributed by atoms with Crippen molar-refractivity contribution >= 4 is 17.8 Å². The number of nitrogens with one attached hydrogen (secondary N) is 2. The van der Waals surface area contributed by atoms with E-state index in [1.54, 1.807) is 31.2 Å². The van der Waals surface area contributed by atoms with Crippen LogP contribution >= 0.6 is 0 Å². The number of aliphatic hydroxyl groups excluding tert-OH is 1. The average molecular weight is 513 g/mol. The monoisotopic (exact) mass is 512 g/mol. The summed E-state index contributed by atoms with van der Waals surface area (Å²) in [5, 5.41) is 15.2. The summed E-state index contributed by atoms with van der Waals surface area (Å²) in [6.07, 6.45) is 14.4. The van der Waals surface area contributed by atoms with Gasteiger partial charge in [-0.15, -0.1) is 11.8 Å². The smallest absolute Gasteiger partial charge is 0.373 e. The SMILES string of the molecule is CC#CCC(O)C/C=C\NC(=O)C(NC(=O)\C=C/C=C\C(C)=C\CC1CC=C(OC)C(=O)O1)C(C)(C)C. The fourth-order valence-electron chi connectivity index (χ4n) is 3.24. The average Bonchev–Trinajstić information content (AvgIpc) is 2.84. The van der Waals surface area contributed by atoms with Gasteiger partial charge in [-0.05, 0) is 38.0 Å². The molecule has 202 valence electrons. The first kappa shape index (κ1) is 31.5. The van der Waals surface area contributed by atoms with Gasteiger partial charge in [0.1, 0.15) is 12.1 Å². The number of hydrogen-bond donors (Lipinski definition) is 3. The second-order valence-electron chi connectivity index (χ2n) is 9.68. The Labute approximate surface area is 220 Å². The molecular formula is C29H40N2O6. The zero-order chi connectivity index (χ0) is 27.8. The fraction of sp³-hybridized carbons (Fsp3) is 0.483. The highest BCUT2D eigenvalue weighted by molar-refractivity contribution is 5.93. The molecule has 3 atom stereocenters. The number of methoxy groups -OCH3 is 1. The largest absolute Gasteiger partial charge is 0.490 e. The van der Waals surface area contributed by atoms with Crippen molar-refractivity contribution in [2.45, 2.75) is 78.6 Å². The van der Waals surface area contributed by atoms with E-state index in [0.717, 1.165) is 5.57 Å². The molecule has 0 aromatic rings. The van der Waals surface area contributed by atoms with Crippen molar-refractivity contribution < 1.29 is 29.0 Å². The van der Waals surface area contributed by atoms with E-state index in [4.69, 9.17) is 9.47 Å². The zero-order valence-electron chi connectivity index (χ0n) is 22.7. The Balaban J connectivity index is 2.58. The summed E-state index contributed by atoms with van der Waals surface area (Å²) in [5.41, 5.74) is 0.433. The van der Waals surface area contributed by atoms with Gasteiger partial charge in [-0.25, -0.2) is 4.79 Å². The minimum Gasteiger partial charge on any atom is -0.490 e.